The molecule has 0 N–H and O–H groups in total. The number of hydrogen-bond acceptors (Lipinski definition) is 4. The summed E-state index contributed by atoms with van der Waals surface area (Å²) >= 11 is 4.32. The Morgan fingerprint density at radius 2 is 1.57 bits per heavy atom. The minimum Gasteiger partial charge on any atom is -0.493 e. The fraction of sp³-hybridized carbons (Fsp3) is 0.235. The molecule has 0 spiro atoms. The third kappa shape index (κ3) is 3.79. The van der Waals surface area contributed by atoms with E-state index in [-0.39, 0.29) is 0 Å². The number of benzene rings is 2. The van der Waals surface area contributed by atoms with Gasteiger partial charge in [-0.05, 0) is 42.2 Å². The van der Waals surface area contributed by atoms with E-state index in [9.17, 15) is 4.79 Å². The van der Waals surface area contributed by atoms with Gasteiger partial charge in [0.15, 0.2) is 17.8 Å². The summed E-state index contributed by atoms with van der Waals surface area (Å²) in [6.45, 7) is 0. The molecule has 110 valence electrons. The maximum Gasteiger partial charge on any atom is 0.160 e. The molecular weight excluding hydrogens is 284 g/mol. The normalized spacial score (nSPS) is 10.2. The fourth-order valence-electron chi connectivity index (χ4n) is 2.17. The number of thiol groups is 1. The summed E-state index contributed by atoms with van der Waals surface area (Å²) < 4.78 is 10.5. The maximum absolute atomic E-state index is 10.8. The van der Waals surface area contributed by atoms with Gasteiger partial charge in [-0.25, -0.2) is 0 Å². The van der Waals surface area contributed by atoms with E-state index in [4.69, 9.17) is 9.47 Å². The van der Waals surface area contributed by atoms with Crippen molar-refractivity contribution in [1.29, 1.82) is 0 Å². The van der Waals surface area contributed by atoms with Crippen LogP contribution in [0.5, 0.6) is 11.5 Å². The molecule has 0 heterocycles. The van der Waals surface area contributed by atoms with Gasteiger partial charge in [0.05, 0.1) is 14.2 Å². The maximum atomic E-state index is 10.8. The van der Waals surface area contributed by atoms with Crippen molar-refractivity contribution in [3.63, 3.8) is 0 Å². The summed E-state index contributed by atoms with van der Waals surface area (Å²) in [5, 5.41) is 0. The standard InChI is InChI=1S/C17H18O3S/c1-19-15-8-6-12(9-16(15)20-2)3-4-13-5-7-14(11-18)17(21)10-13/h5-11,21H,3-4H2,1-2H3. The van der Waals surface area contributed by atoms with Crippen molar-refractivity contribution in [1.82, 2.24) is 0 Å². The van der Waals surface area contributed by atoms with Gasteiger partial charge in [0.25, 0.3) is 0 Å². The second kappa shape index (κ2) is 7.18. The first kappa shape index (κ1) is 15.4. The van der Waals surface area contributed by atoms with Crippen molar-refractivity contribution in [2.45, 2.75) is 17.7 Å². The van der Waals surface area contributed by atoms with Crippen LogP contribution >= 0.6 is 12.6 Å². The Morgan fingerprint density at radius 3 is 2.14 bits per heavy atom. The zero-order chi connectivity index (χ0) is 15.2. The first-order chi connectivity index (χ1) is 10.2. The zero-order valence-corrected chi connectivity index (χ0v) is 13.0. The SMILES string of the molecule is COc1ccc(CCc2ccc(C=O)c(S)c2)cc1OC. The molecule has 0 radical (unpaired) electrons. The van der Waals surface area contributed by atoms with Gasteiger partial charge in [0.1, 0.15) is 0 Å². The van der Waals surface area contributed by atoms with Gasteiger partial charge < -0.3 is 9.47 Å². The van der Waals surface area contributed by atoms with Crippen LogP contribution in [0.4, 0.5) is 0 Å². The summed E-state index contributed by atoms with van der Waals surface area (Å²) in [5.74, 6) is 1.47. The first-order valence-corrected chi connectivity index (χ1v) is 7.10. The fourth-order valence-corrected chi connectivity index (χ4v) is 2.46. The number of rotatable bonds is 6. The molecule has 0 saturated carbocycles. The van der Waals surface area contributed by atoms with Crippen LogP contribution in [0.3, 0.4) is 0 Å². The monoisotopic (exact) mass is 302 g/mol. The second-order valence-electron chi connectivity index (χ2n) is 4.70. The number of ether oxygens (including phenoxy) is 2. The molecule has 0 saturated heterocycles. The number of methoxy groups -OCH3 is 2. The molecule has 4 heteroatoms. The van der Waals surface area contributed by atoms with Crippen molar-refractivity contribution >= 4 is 18.9 Å². The molecule has 0 amide bonds. The van der Waals surface area contributed by atoms with Gasteiger partial charge in [-0.3, -0.25) is 4.79 Å². The Kier molecular flexibility index (Phi) is 5.28. The van der Waals surface area contributed by atoms with Gasteiger partial charge in [-0.2, -0.15) is 0 Å². The van der Waals surface area contributed by atoms with E-state index in [1.54, 1.807) is 20.3 Å². The topological polar surface area (TPSA) is 35.5 Å². The molecule has 2 aromatic rings. The molecule has 3 nitrogen and oxygen atoms in total. The lowest BCUT2D eigenvalue weighted by Crippen LogP contribution is -1.96. The van der Waals surface area contributed by atoms with Crippen LogP contribution in [0.25, 0.3) is 0 Å². The summed E-state index contributed by atoms with van der Waals surface area (Å²) in [5.41, 5.74) is 2.95. The molecule has 0 aliphatic heterocycles. The molecule has 0 bridgehead atoms. The summed E-state index contributed by atoms with van der Waals surface area (Å²) in [6, 6.07) is 11.6. The van der Waals surface area contributed by atoms with E-state index < -0.39 is 0 Å². The summed E-state index contributed by atoms with van der Waals surface area (Å²) in [6.07, 6.45) is 2.58. The number of hydrogen-bond donors (Lipinski definition) is 1. The molecule has 0 aliphatic rings. The van der Waals surface area contributed by atoms with Crippen molar-refractivity contribution in [2.24, 2.45) is 0 Å². The van der Waals surface area contributed by atoms with Gasteiger partial charge in [-0.1, -0.05) is 18.2 Å². The molecule has 0 unspecified atom stereocenters. The molecular formula is C17H18O3S. The highest BCUT2D eigenvalue weighted by Gasteiger charge is 2.05. The van der Waals surface area contributed by atoms with Crippen molar-refractivity contribution in [3.05, 3.63) is 53.1 Å². The average molecular weight is 302 g/mol. The second-order valence-corrected chi connectivity index (χ2v) is 5.18. The highest BCUT2D eigenvalue weighted by molar-refractivity contribution is 7.80. The Bertz CT molecular complexity index is 638. The summed E-state index contributed by atoms with van der Waals surface area (Å²) in [7, 11) is 3.26. The van der Waals surface area contributed by atoms with Gasteiger partial charge in [0.2, 0.25) is 0 Å². The van der Waals surface area contributed by atoms with E-state index >= 15 is 0 Å². The molecule has 0 fully saturated rings. The number of aldehydes is 1. The smallest absolute Gasteiger partial charge is 0.160 e. The van der Waals surface area contributed by atoms with Gasteiger partial charge in [0, 0.05) is 10.5 Å². The van der Waals surface area contributed by atoms with Gasteiger partial charge >= 0.3 is 0 Å². The molecule has 2 aromatic carbocycles. The summed E-state index contributed by atoms with van der Waals surface area (Å²) in [4.78, 5) is 11.5. The van der Waals surface area contributed by atoms with Crippen molar-refractivity contribution < 1.29 is 14.3 Å². The van der Waals surface area contributed by atoms with Crippen LogP contribution in [0.2, 0.25) is 0 Å². The number of aryl methyl sites for hydroxylation is 2. The van der Waals surface area contributed by atoms with E-state index in [0.29, 0.717) is 5.56 Å². The minimum absolute atomic E-state index is 0.619. The highest BCUT2D eigenvalue weighted by Crippen LogP contribution is 2.28. The van der Waals surface area contributed by atoms with E-state index in [1.807, 2.05) is 30.3 Å². The molecule has 21 heavy (non-hydrogen) atoms. The molecule has 0 aliphatic carbocycles. The lowest BCUT2D eigenvalue weighted by molar-refractivity contribution is 0.112. The van der Waals surface area contributed by atoms with E-state index in [2.05, 4.69) is 12.6 Å². The minimum atomic E-state index is 0.619. The Labute approximate surface area is 130 Å². The molecule has 0 aromatic heterocycles. The lowest BCUT2D eigenvalue weighted by atomic mass is 10.0. The highest BCUT2D eigenvalue weighted by atomic mass is 32.1. The molecule has 2 rings (SSSR count). The average Bonchev–Trinajstić information content (AvgIpc) is 2.52. The Balaban J connectivity index is 2.09. The lowest BCUT2D eigenvalue weighted by Gasteiger charge is -2.10. The first-order valence-electron chi connectivity index (χ1n) is 6.66. The van der Waals surface area contributed by atoms with Crippen LogP contribution < -0.4 is 9.47 Å². The predicted molar refractivity (Wildman–Crippen MR) is 86.0 cm³/mol. The van der Waals surface area contributed by atoms with Crippen LogP contribution in [0, 0.1) is 0 Å². The van der Waals surface area contributed by atoms with Crippen LogP contribution in [-0.2, 0) is 12.8 Å². The quantitative estimate of drug-likeness (QED) is 0.654. The third-order valence-corrected chi connectivity index (χ3v) is 3.76. The Morgan fingerprint density at radius 1 is 0.952 bits per heavy atom. The number of carbonyl (C=O) groups excluding carboxylic acids is 1. The van der Waals surface area contributed by atoms with Crippen molar-refractivity contribution in [2.75, 3.05) is 14.2 Å². The zero-order valence-electron chi connectivity index (χ0n) is 12.1. The van der Waals surface area contributed by atoms with Gasteiger partial charge in [-0.15, -0.1) is 12.6 Å². The largest absolute Gasteiger partial charge is 0.493 e. The van der Waals surface area contributed by atoms with Crippen LogP contribution in [-0.4, -0.2) is 20.5 Å². The predicted octanol–water partition coefficient (Wildman–Crippen LogP) is 3.59. The Hall–Kier alpha value is -1.94. The third-order valence-electron chi connectivity index (χ3n) is 3.37. The number of carbonyl (C=O) groups is 1. The van der Waals surface area contributed by atoms with Crippen LogP contribution in [0.1, 0.15) is 21.5 Å². The van der Waals surface area contributed by atoms with E-state index in [0.717, 1.165) is 41.1 Å². The van der Waals surface area contributed by atoms with E-state index in [1.165, 1.54) is 5.56 Å². The van der Waals surface area contributed by atoms with Crippen LogP contribution in [0.15, 0.2) is 41.3 Å². The van der Waals surface area contributed by atoms with Crippen molar-refractivity contribution in [3.8, 4) is 11.5 Å². The molecule has 0 atom stereocenters.